The fourth-order valence-electron chi connectivity index (χ4n) is 1.86. The molecular formula is C12H5FO3. The van der Waals surface area contributed by atoms with Gasteiger partial charge in [0.1, 0.15) is 5.56 Å². The van der Waals surface area contributed by atoms with Gasteiger partial charge in [-0.3, -0.25) is 0 Å². The molecule has 2 aromatic rings. The Bertz CT molecular complexity index is 646. The number of benzene rings is 2. The predicted octanol–water partition coefficient (Wildman–Crippen LogP) is 2.29. The lowest BCUT2D eigenvalue weighted by Gasteiger charge is -2.15. The van der Waals surface area contributed by atoms with Gasteiger partial charge in [0.2, 0.25) is 0 Å². The molecule has 0 spiro atoms. The molecule has 0 saturated heterocycles. The van der Waals surface area contributed by atoms with Crippen molar-refractivity contribution in [3.8, 4) is 0 Å². The Morgan fingerprint density at radius 3 is 2.62 bits per heavy atom. The molecule has 0 saturated carbocycles. The molecule has 78 valence electrons. The predicted molar refractivity (Wildman–Crippen MR) is 53.7 cm³/mol. The third kappa shape index (κ3) is 1.01. The van der Waals surface area contributed by atoms with Gasteiger partial charge in [0.05, 0.1) is 5.56 Å². The lowest BCUT2D eigenvalue weighted by molar-refractivity contribution is 0.0374. The summed E-state index contributed by atoms with van der Waals surface area (Å²) in [6.07, 6.45) is 0. The Morgan fingerprint density at radius 1 is 1.06 bits per heavy atom. The van der Waals surface area contributed by atoms with Crippen LogP contribution in [0.5, 0.6) is 0 Å². The van der Waals surface area contributed by atoms with Crippen LogP contribution in [0, 0.1) is 5.82 Å². The first-order chi connectivity index (χ1) is 7.68. The van der Waals surface area contributed by atoms with Crippen molar-refractivity contribution in [2.75, 3.05) is 0 Å². The number of fused-ring (bicyclic) bond motifs is 4. The van der Waals surface area contributed by atoms with Crippen LogP contribution < -0.4 is 0 Å². The highest BCUT2D eigenvalue weighted by Crippen LogP contribution is 2.29. The summed E-state index contributed by atoms with van der Waals surface area (Å²) in [7, 11) is 0. The fourth-order valence-corrected chi connectivity index (χ4v) is 1.86. The Morgan fingerprint density at radius 2 is 1.81 bits per heavy atom. The van der Waals surface area contributed by atoms with Gasteiger partial charge in [0, 0.05) is 0 Å². The van der Waals surface area contributed by atoms with Crippen LogP contribution in [-0.4, -0.2) is 11.9 Å². The van der Waals surface area contributed by atoms with Gasteiger partial charge in [-0.2, -0.15) is 0 Å². The van der Waals surface area contributed by atoms with Crippen molar-refractivity contribution in [3.63, 3.8) is 0 Å². The van der Waals surface area contributed by atoms with Gasteiger partial charge in [-0.1, -0.05) is 24.3 Å². The van der Waals surface area contributed by atoms with Crippen molar-refractivity contribution in [1.82, 2.24) is 0 Å². The normalized spacial score (nSPS) is 14.1. The topological polar surface area (TPSA) is 43.4 Å². The number of cyclic esters (lactones) is 2. The second-order valence-electron chi connectivity index (χ2n) is 3.51. The molecule has 3 nitrogen and oxygen atoms in total. The number of hydrogen-bond donors (Lipinski definition) is 0. The summed E-state index contributed by atoms with van der Waals surface area (Å²) in [5.41, 5.74) is -0.346. The maximum absolute atomic E-state index is 13.8. The first-order valence-electron chi connectivity index (χ1n) is 4.66. The molecular weight excluding hydrogens is 211 g/mol. The van der Waals surface area contributed by atoms with Gasteiger partial charge in [0.25, 0.3) is 0 Å². The van der Waals surface area contributed by atoms with E-state index >= 15 is 0 Å². The van der Waals surface area contributed by atoms with E-state index in [1.54, 1.807) is 24.3 Å². The molecule has 4 heteroatoms. The Kier molecular flexibility index (Phi) is 1.63. The van der Waals surface area contributed by atoms with E-state index in [-0.39, 0.29) is 11.1 Å². The molecule has 0 amide bonds. The monoisotopic (exact) mass is 216 g/mol. The van der Waals surface area contributed by atoms with E-state index < -0.39 is 17.8 Å². The fraction of sp³-hybridized carbons (Fsp3) is 0. The van der Waals surface area contributed by atoms with E-state index in [0.29, 0.717) is 10.8 Å². The smallest absolute Gasteiger partial charge is 0.349 e. The molecule has 1 heterocycles. The van der Waals surface area contributed by atoms with E-state index in [9.17, 15) is 14.0 Å². The van der Waals surface area contributed by atoms with Crippen LogP contribution >= 0.6 is 0 Å². The van der Waals surface area contributed by atoms with Crippen LogP contribution in [0.2, 0.25) is 0 Å². The third-order valence-corrected chi connectivity index (χ3v) is 2.60. The number of carbonyl (C=O) groups excluding carboxylic acids is 2. The Labute approximate surface area is 89.4 Å². The van der Waals surface area contributed by atoms with Crippen molar-refractivity contribution in [1.29, 1.82) is 0 Å². The van der Waals surface area contributed by atoms with Crippen molar-refractivity contribution in [2.45, 2.75) is 0 Å². The van der Waals surface area contributed by atoms with Crippen molar-refractivity contribution >= 4 is 22.7 Å². The zero-order valence-corrected chi connectivity index (χ0v) is 7.99. The van der Waals surface area contributed by atoms with E-state index in [1.165, 1.54) is 6.07 Å². The lowest BCUT2D eigenvalue weighted by Crippen LogP contribution is -2.22. The zero-order valence-electron chi connectivity index (χ0n) is 7.99. The second-order valence-corrected chi connectivity index (χ2v) is 3.51. The number of rotatable bonds is 0. The zero-order chi connectivity index (χ0) is 11.3. The number of esters is 2. The summed E-state index contributed by atoms with van der Waals surface area (Å²) < 4.78 is 18.2. The molecule has 0 radical (unpaired) electrons. The molecule has 2 bridgehead atoms. The Balaban J connectivity index is 2.55. The minimum absolute atomic E-state index is 0.160. The van der Waals surface area contributed by atoms with Crippen molar-refractivity contribution in [3.05, 3.63) is 47.3 Å². The SMILES string of the molecule is O=C1OC(=O)c2c(F)c1cc1ccccc21. The lowest BCUT2D eigenvalue weighted by atomic mass is 9.98. The standard InChI is InChI=1S/C12H5FO3/c13-10-8-5-6-3-1-2-4-7(6)9(10)12(15)16-11(8)14/h1-5H. The highest BCUT2D eigenvalue weighted by atomic mass is 19.1. The van der Waals surface area contributed by atoms with Crippen LogP contribution in [0.1, 0.15) is 20.7 Å². The minimum Gasteiger partial charge on any atom is -0.386 e. The van der Waals surface area contributed by atoms with Crippen molar-refractivity contribution < 1.29 is 18.7 Å². The van der Waals surface area contributed by atoms with E-state index in [0.717, 1.165) is 0 Å². The van der Waals surface area contributed by atoms with Gasteiger partial charge < -0.3 is 4.74 Å². The molecule has 0 aliphatic carbocycles. The number of halogens is 1. The second kappa shape index (κ2) is 2.88. The molecule has 2 aromatic carbocycles. The summed E-state index contributed by atoms with van der Waals surface area (Å²) >= 11 is 0. The van der Waals surface area contributed by atoms with Crippen LogP contribution in [0.4, 0.5) is 4.39 Å². The molecule has 0 aromatic heterocycles. The van der Waals surface area contributed by atoms with Crippen LogP contribution in [0.25, 0.3) is 10.8 Å². The molecule has 1 aliphatic rings. The largest absolute Gasteiger partial charge is 0.386 e. The highest BCUT2D eigenvalue weighted by Gasteiger charge is 2.31. The highest BCUT2D eigenvalue weighted by molar-refractivity contribution is 6.15. The number of ether oxygens (including phenoxy) is 1. The van der Waals surface area contributed by atoms with Crippen LogP contribution in [0.3, 0.4) is 0 Å². The summed E-state index contributed by atoms with van der Waals surface area (Å²) in [5.74, 6) is -2.65. The molecule has 0 fully saturated rings. The van der Waals surface area contributed by atoms with Gasteiger partial charge in [-0.15, -0.1) is 0 Å². The summed E-state index contributed by atoms with van der Waals surface area (Å²) in [6.45, 7) is 0. The van der Waals surface area contributed by atoms with Crippen LogP contribution in [-0.2, 0) is 4.74 Å². The first kappa shape index (κ1) is 9.03. The third-order valence-electron chi connectivity index (χ3n) is 2.60. The van der Waals surface area contributed by atoms with E-state index in [4.69, 9.17) is 0 Å². The molecule has 1 aliphatic heterocycles. The molecule has 3 rings (SSSR count). The maximum atomic E-state index is 13.8. The minimum atomic E-state index is -0.930. The quantitative estimate of drug-likeness (QED) is 0.501. The summed E-state index contributed by atoms with van der Waals surface area (Å²) in [5, 5.41) is 1.11. The summed E-state index contributed by atoms with van der Waals surface area (Å²) in [6, 6.07) is 8.18. The van der Waals surface area contributed by atoms with Gasteiger partial charge in [-0.05, 0) is 16.8 Å². The van der Waals surface area contributed by atoms with Gasteiger partial charge in [0.15, 0.2) is 5.82 Å². The van der Waals surface area contributed by atoms with E-state index in [1.807, 2.05) is 0 Å². The van der Waals surface area contributed by atoms with E-state index in [2.05, 4.69) is 4.74 Å². The average Bonchev–Trinajstić information content (AvgIpc) is 2.25. The number of carbonyl (C=O) groups is 2. The summed E-state index contributed by atoms with van der Waals surface area (Å²) in [4.78, 5) is 22.7. The Hall–Kier alpha value is -2.23. The average molecular weight is 216 g/mol. The molecule has 0 N–H and O–H groups in total. The molecule has 16 heavy (non-hydrogen) atoms. The van der Waals surface area contributed by atoms with Gasteiger partial charge in [-0.25, -0.2) is 14.0 Å². The number of hydrogen-bond acceptors (Lipinski definition) is 3. The maximum Gasteiger partial charge on any atom is 0.349 e. The van der Waals surface area contributed by atoms with Gasteiger partial charge >= 0.3 is 11.9 Å². The molecule has 0 unspecified atom stereocenters. The van der Waals surface area contributed by atoms with Crippen LogP contribution in [0.15, 0.2) is 30.3 Å². The molecule has 0 atom stereocenters. The first-order valence-corrected chi connectivity index (χ1v) is 4.66. The van der Waals surface area contributed by atoms with Crippen molar-refractivity contribution in [2.24, 2.45) is 0 Å².